The molecule has 4 rings (SSSR count). The second-order valence-electron chi connectivity index (χ2n) is 8.45. The van der Waals surface area contributed by atoms with E-state index in [4.69, 9.17) is 4.99 Å². The Morgan fingerprint density at radius 2 is 1.66 bits per heavy atom. The van der Waals surface area contributed by atoms with Crippen molar-refractivity contribution in [1.82, 2.24) is 0 Å². The van der Waals surface area contributed by atoms with Gasteiger partial charge in [0.2, 0.25) is 11.8 Å². The largest absolute Gasteiger partial charge is 0.325 e. The zero-order chi connectivity index (χ0) is 22.8. The lowest BCUT2D eigenvalue weighted by Gasteiger charge is -2.22. The Kier molecular flexibility index (Phi) is 5.91. The Morgan fingerprint density at radius 1 is 0.938 bits per heavy atom. The van der Waals surface area contributed by atoms with Crippen LogP contribution in [0.2, 0.25) is 0 Å². The number of amides is 2. The number of carbonyl (C=O) groups is 2. The summed E-state index contributed by atoms with van der Waals surface area (Å²) in [6.45, 7) is 7.98. The number of fused-ring (bicyclic) bond motifs is 1. The molecule has 162 valence electrons. The van der Waals surface area contributed by atoms with Crippen LogP contribution < -0.4 is 10.2 Å². The first kappa shape index (κ1) is 21.5. The Hall–Kier alpha value is -3.73. The lowest BCUT2D eigenvalue weighted by molar-refractivity contribution is -0.120. The second-order valence-corrected chi connectivity index (χ2v) is 8.45. The zero-order valence-electron chi connectivity index (χ0n) is 18.9. The summed E-state index contributed by atoms with van der Waals surface area (Å²) in [5.74, 6) is -0.391. The molecule has 0 saturated carbocycles. The fourth-order valence-corrected chi connectivity index (χ4v) is 4.20. The van der Waals surface area contributed by atoms with Gasteiger partial charge in [-0.15, -0.1) is 0 Å². The maximum atomic E-state index is 13.3. The maximum absolute atomic E-state index is 13.3. The molecule has 32 heavy (non-hydrogen) atoms. The lowest BCUT2D eigenvalue weighted by Crippen LogP contribution is -2.38. The van der Waals surface area contributed by atoms with Gasteiger partial charge in [0.25, 0.3) is 0 Å². The average Bonchev–Trinajstić information content (AvgIpc) is 2.84. The van der Waals surface area contributed by atoms with E-state index in [2.05, 4.69) is 17.4 Å². The van der Waals surface area contributed by atoms with Crippen LogP contribution in [0.1, 0.15) is 34.2 Å². The molecule has 3 aromatic rings. The van der Waals surface area contributed by atoms with Gasteiger partial charge in [0, 0.05) is 5.69 Å². The molecule has 0 spiro atoms. The number of para-hydroxylation sites is 2. The van der Waals surface area contributed by atoms with E-state index in [1.807, 2.05) is 76.2 Å². The molecule has 0 radical (unpaired) electrons. The molecular formula is C27H27N3O2. The van der Waals surface area contributed by atoms with Crippen LogP contribution in [-0.4, -0.2) is 24.1 Å². The molecule has 0 atom stereocenters. The van der Waals surface area contributed by atoms with E-state index < -0.39 is 0 Å². The Bertz CT molecular complexity index is 1220. The summed E-state index contributed by atoms with van der Waals surface area (Å²) in [7, 11) is 0. The van der Waals surface area contributed by atoms with Crippen molar-refractivity contribution in [2.24, 2.45) is 4.99 Å². The summed E-state index contributed by atoms with van der Waals surface area (Å²) in [5.41, 5.74) is 8.13. The van der Waals surface area contributed by atoms with Gasteiger partial charge in [0.1, 0.15) is 6.54 Å². The highest BCUT2D eigenvalue weighted by molar-refractivity contribution is 6.19. The van der Waals surface area contributed by atoms with Gasteiger partial charge in [-0.2, -0.15) is 0 Å². The molecule has 0 unspecified atom stereocenters. The van der Waals surface area contributed by atoms with E-state index >= 15 is 0 Å². The maximum Gasteiger partial charge on any atom is 0.244 e. The van der Waals surface area contributed by atoms with Crippen LogP contribution in [-0.2, 0) is 9.59 Å². The second kappa shape index (κ2) is 8.79. The van der Waals surface area contributed by atoms with Crippen molar-refractivity contribution in [2.75, 3.05) is 16.8 Å². The molecule has 5 nitrogen and oxygen atoms in total. The number of nitrogens with one attached hydrogen (secondary N) is 1. The topological polar surface area (TPSA) is 61.8 Å². The van der Waals surface area contributed by atoms with E-state index in [9.17, 15) is 9.59 Å². The average molecular weight is 426 g/mol. The van der Waals surface area contributed by atoms with Crippen molar-refractivity contribution in [3.05, 3.63) is 88.5 Å². The first-order valence-electron chi connectivity index (χ1n) is 10.7. The first-order valence-corrected chi connectivity index (χ1v) is 10.7. The summed E-state index contributed by atoms with van der Waals surface area (Å²) in [4.78, 5) is 32.5. The molecular weight excluding hydrogens is 398 g/mol. The highest BCUT2D eigenvalue weighted by Crippen LogP contribution is 2.33. The quantitative estimate of drug-likeness (QED) is 0.607. The molecule has 1 heterocycles. The fraction of sp³-hybridized carbons (Fsp3) is 0.222. The van der Waals surface area contributed by atoms with E-state index in [0.29, 0.717) is 11.4 Å². The predicted octanol–water partition coefficient (Wildman–Crippen LogP) is 5.42. The third kappa shape index (κ3) is 4.62. The van der Waals surface area contributed by atoms with Gasteiger partial charge in [-0.3, -0.25) is 14.6 Å². The summed E-state index contributed by atoms with van der Waals surface area (Å²) < 4.78 is 0. The summed E-state index contributed by atoms with van der Waals surface area (Å²) in [6.07, 6.45) is 0.134. The molecule has 1 N–H and O–H groups in total. The van der Waals surface area contributed by atoms with Crippen molar-refractivity contribution < 1.29 is 9.59 Å². The number of hydrogen-bond donors (Lipinski definition) is 1. The molecule has 0 bridgehead atoms. The third-order valence-electron chi connectivity index (χ3n) is 5.55. The summed E-state index contributed by atoms with van der Waals surface area (Å²) in [5, 5.41) is 2.93. The smallest absolute Gasteiger partial charge is 0.244 e. The van der Waals surface area contributed by atoms with Gasteiger partial charge < -0.3 is 10.2 Å². The van der Waals surface area contributed by atoms with Crippen LogP contribution >= 0.6 is 0 Å². The van der Waals surface area contributed by atoms with Crippen LogP contribution in [0.25, 0.3) is 0 Å². The third-order valence-corrected chi connectivity index (χ3v) is 5.55. The highest BCUT2D eigenvalue weighted by Gasteiger charge is 2.27. The zero-order valence-corrected chi connectivity index (χ0v) is 18.9. The van der Waals surface area contributed by atoms with E-state index in [0.717, 1.165) is 39.2 Å². The molecule has 3 aromatic carbocycles. The number of carbonyl (C=O) groups excluding carboxylic acids is 2. The van der Waals surface area contributed by atoms with E-state index in [-0.39, 0.29) is 24.8 Å². The minimum Gasteiger partial charge on any atom is -0.325 e. The fourth-order valence-electron chi connectivity index (χ4n) is 4.20. The van der Waals surface area contributed by atoms with Crippen molar-refractivity contribution in [3.63, 3.8) is 0 Å². The number of nitrogens with zero attached hydrogens (tertiary/aromatic N) is 2. The Labute approximate surface area is 188 Å². The van der Waals surface area contributed by atoms with Gasteiger partial charge in [-0.1, -0.05) is 42.0 Å². The number of hydrogen-bond acceptors (Lipinski definition) is 3. The number of aliphatic imine (C=N–C) groups is 1. The van der Waals surface area contributed by atoms with Crippen LogP contribution in [0.3, 0.4) is 0 Å². The van der Waals surface area contributed by atoms with Crippen molar-refractivity contribution in [1.29, 1.82) is 0 Å². The number of aryl methyl sites for hydroxylation is 4. The Morgan fingerprint density at radius 3 is 2.38 bits per heavy atom. The molecule has 1 aliphatic heterocycles. The lowest BCUT2D eigenvalue weighted by atomic mass is 9.99. The predicted molar refractivity (Wildman–Crippen MR) is 130 cm³/mol. The first-order chi connectivity index (χ1) is 15.3. The normalized spacial score (nSPS) is 13.3. The Balaban J connectivity index is 1.63. The standard InChI is InChI=1S/C27H27N3O2/c1-17-9-10-22(20(4)12-17)24-15-27(32)30(25-8-6-5-7-23(25)29-24)16-26(31)28-21-13-18(2)11-19(3)14-21/h5-14H,15-16H2,1-4H3,(H,28,31). The molecule has 0 saturated heterocycles. The van der Waals surface area contributed by atoms with Crippen LogP contribution in [0.4, 0.5) is 17.1 Å². The van der Waals surface area contributed by atoms with E-state index in [1.54, 1.807) is 0 Å². The molecule has 2 amide bonds. The van der Waals surface area contributed by atoms with Crippen LogP contribution in [0, 0.1) is 27.7 Å². The monoisotopic (exact) mass is 425 g/mol. The van der Waals surface area contributed by atoms with Crippen molar-refractivity contribution in [2.45, 2.75) is 34.1 Å². The highest BCUT2D eigenvalue weighted by atomic mass is 16.2. The minimum absolute atomic E-state index is 0.0709. The molecule has 0 fully saturated rings. The number of anilines is 2. The van der Waals surface area contributed by atoms with Gasteiger partial charge in [-0.05, 0) is 74.2 Å². The number of rotatable bonds is 4. The van der Waals surface area contributed by atoms with Gasteiger partial charge in [-0.25, -0.2) is 0 Å². The van der Waals surface area contributed by atoms with Crippen LogP contribution in [0.5, 0.6) is 0 Å². The summed E-state index contributed by atoms with van der Waals surface area (Å²) in [6, 6.07) is 19.5. The van der Waals surface area contributed by atoms with Gasteiger partial charge in [0.05, 0.1) is 23.5 Å². The van der Waals surface area contributed by atoms with Crippen molar-refractivity contribution >= 4 is 34.6 Å². The molecule has 0 aliphatic carbocycles. The minimum atomic E-state index is -0.242. The number of benzene rings is 3. The molecule has 0 aromatic heterocycles. The van der Waals surface area contributed by atoms with E-state index in [1.165, 1.54) is 4.90 Å². The van der Waals surface area contributed by atoms with Crippen molar-refractivity contribution in [3.8, 4) is 0 Å². The molecule has 5 heteroatoms. The van der Waals surface area contributed by atoms with Gasteiger partial charge in [0.15, 0.2) is 0 Å². The molecule has 1 aliphatic rings. The summed E-state index contributed by atoms with van der Waals surface area (Å²) >= 11 is 0. The van der Waals surface area contributed by atoms with Crippen LogP contribution in [0.15, 0.2) is 65.7 Å². The SMILES string of the molecule is Cc1cc(C)cc(NC(=O)CN2C(=O)CC(c3ccc(C)cc3C)=Nc3ccccc32)c1. The van der Waals surface area contributed by atoms with Gasteiger partial charge >= 0.3 is 0 Å².